The van der Waals surface area contributed by atoms with Gasteiger partial charge in [0.05, 0.1) is 7.11 Å². The zero-order chi connectivity index (χ0) is 12.5. The molecule has 1 rings (SSSR count). The number of rotatable bonds is 6. The van der Waals surface area contributed by atoms with Gasteiger partial charge >= 0.3 is 0 Å². The third-order valence-electron chi connectivity index (χ3n) is 2.14. The predicted octanol–water partition coefficient (Wildman–Crippen LogP) is 2.02. The van der Waals surface area contributed by atoms with Crippen molar-refractivity contribution < 1.29 is 9.47 Å². The molecule has 1 aromatic carbocycles. The van der Waals surface area contributed by atoms with Gasteiger partial charge in [0.2, 0.25) is 0 Å². The van der Waals surface area contributed by atoms with Crippen LogP contribution in [0, 0.1) is 0 Å². The molecule has 94 valence electrons. The molecule has 1 aromatic rings. The molecule has 0 unspecified atom stereocenters. The molecule has 0 saturated carbocycles. The summed E-state index contributed by atoms with van der Waals surface area (Å²) in [6, 6.07) is 7.63. The average molecular weight is 254 g/mol. The Balaban J connectivity index is 2.34. The molecule has 0 aliphatic rings. The molecule has 0 heterocycles. The quantitative estimate of drug-likeness (QED) is 0.600. The van der Waals surface area contributed by atoms with Gasteiger partial charge in [-0.15, -0.1) is 0 Å². The molecule has 5 heteroatoms. The Kier molecular flexibility index (Phi) is 6.35. The zero-order valence-corrected chi connectivity index (χ0v) is 11.0. The van der Waals surface area contributed by atoms with Crippen molar-refractivity contribution in [1.29, 1.82) is 0 Å². The number of methoxy groups -OCH3 is 2. The van der Waals surface area contributed by atoms with Gasteiger partial charge in [-0.2, -0.15) is 0 Å². The van der Waals surface area contributed by atoms with Crippen molar-refractivity contribution in [3.05, 3.63) is 24.3 Å². The summed E-state index contributed by atoms with van der Waals surface area (Å²) in [5, 5.41) is 6.80. The maximum absolute atomic E-state index is 5.16. The molecule has 0 radical (unpaired) electrons. The molecule has 0 aliphatic carbocycles. The Hall–Kier alpha value is -1.33. The molecule has 4 nitrogen and oxygen atoms in total. The highest BCUT2D eigenvalue weighted by Crippen LogP contribution is 2.16. The van der Waals surface area contributed by atoms with Gasteiger partial charge in [0.1, 0.15) is 5.75 Å². The first-order chi connectivity index (χ1) is 8.26. The minimum atomic E-state index is 0.606. The molecule has 0 spiro atoms. The maximum Gasteiger partial charge on any atom is 0.170 e. The monoisotopic (exact) mass is 254 g/mol. The van der Waals surface area contributed by atoms with Crippen LogP contribution < -0.4 is 15.4 Å². The summed E-state index contributed by atoms with van der Waals surface area (Å²) in [4.78, 5) is 0. The number of ether oxygens (including phenoxy) is 2. The normalized spacial score (nSPS) is 9.76. The summed E-state index contributed by atoms with van der Waals surface area (Å²) in [5.41, 5.74) is 0.911. The van der Waals surface area contributed by atoms with Crippen LogP contribution >= 0.6 is 12.2 Å². The van der Waals surface area contributed by atoms with Gasteiger partial charge in [-0.05, 0) is 30.8 Å². The molecule has 2 N–H and O–H groups in total. The van der Waals surface area contributed by atoms with Crippen LogP contribution in [0.2, 0.25) is 0 Å². The van der Waals surface area contributed by atoms with E-state index in [4.69, 9.17) is 21.7 Å². The zero-order valence-electron chi connectivity index (χ0n) is 10.2. The summed E-state index contributed by atoms with van der Waals surface area (Å²) >= 11 is 5.16. The SMILES string of the molecule is COCCCNC(=S)Nc1cccc(OC)c1. The van der Waals surface area contributed by atoms with Crippen LogP contribution in [0.5, 0.6) is 5.75 Å². The minimum absolute atomic E-state index is 0.606. The lowest BCUT2D eigenvalue weighted by molar-refractivity contribution is 0.196. The van der Waals surface area contributed by atoms with Crippen LogP contribution in [0.3, 0.4) is 0 Å². The van der Waals surface area contributed by atoms with Gasteiger partial charge in [-0.3, -0.25) is 0 Å². The Morgan fingerprint density at radius 1 is 1.35 bits per heavy atom. The number of nitrogens with one attached hydrogen (secondary N) is 2. The molecular weight excluding hydrogens is 236 g/mol. The lowest BCUT2D eigenvalue weighted by Crippen LogP contribution is -2.29. The summed E-state index contributed by atoms with van der Waals surface area (Å²) < 4.78 is 10.1. The fourth-order valence-electron chi connectivity index (χ4n) is 1.29. The topological polar surface area (TPSA) is 42.5 Å². The number of thiocarbonyl (C=S) groups is 1. The first-order valence-electron chi connectivity index (χ1n) is 5.44. The van der Waals surface area contributed by atoms with Crippen molar-refractivity contribution in [1.82, 2.24) is 5.32 Å². The molecule has 0 aliphatic heterocycles. The van der Waals surface area contributed by atoms with Crippen molar-refractivity contribution in [3.63, 3.8) is 0 Å². The van der Waals surface area contributed by atoms with E-state index >= 15 is 0 Å². The number of anilines is 1. The summed E-state index contributed by atoms with van der Waals surface area (Å²) in [7, 11) is 3.33. The van der Waals surface area contributed by atoms with E-state index in [0.717, 1.165) is 31.0 Å². The second-order valence-electron chi connectivity index (χ2n) is 3.46. The number of hydrogen-bond donors (Lipinski definition) is 2. The van der Waals surface area contributed by atoms with Crippen molar-refractivity contribution in [2.45, 2.75) is 6.42 Å². The number of hydrogen-bond acceptors (Lipinski definition) is 3. The van der Waals surface area contributed by atoms with Gasteiger partial charge in [0.15, 0.2) is 5.11 Å². The van der Waals surface area contributed by atoms with Crippen molar-refractivity contribution in [3.8, 4) is 5.75 Å². The fraction of sp³-hybridized carbons (Fsp3) is 0.417. The largest absolute Gasteiger partial charge is 0.497 e. The van der Waals surface area contributed by atoms with Crippen LogP contribution in [-0.4, -0.2) is 32.5 Å². The van der Waals surface area contributed by atoms with E-state index in [1.165, 1.54) is 0 Å². The van der Waals surface area contributed by atoms with Crippen LogP contribution in [0.15, 0.2) is 24.3 Å². The molecule has 17 heavy (non-hydrogen) atoms. The molecule has 0 fully saturated rings. The highest BCUT2D eigenvalue weighted by Gasteiger charge is 1.98. The van der Waals surface area contributed by atoms with E-state index in [2.05, 4.69) is 10.6 Å². The van der Waals surface area contributed by atoms with E-state index in [9.17, 15) is 0 Å². The average Bonchev–Trinajstić information content (AvgIpc) is 2.35. The second kappa shape index (κ2) is 7.86. The fourth-order valence-corrected chi connectivity index (χ4v) is 1.51. The highest BCUT2D eigenvalue weighted by atomic mass is 32.1. The van der Waals surface area contributed by atoms with E-state index in [-0.39, 0.29) is 0 Å². The first kappa shape index (κ1) is 13.7. The van der Waals surface area contributed by atoms with Gasteiger partial charge in [0.25, 0.3) is 0 Å². The van der Waals surface area contributed by atoms with Gasteiger partial charge in [-0.1, -0.05) is 6.07 Å². The third-order valence-corrected chi connectivity index (χ3v) is 2.38. The van der Waals surface area contributed by atoms with Crippen LogP contribution in [0.25, 0.3) is 0 Å². The lowest BCUT2D eigenvalue weighted by Gasteiger charge is -2.11. The van der Waals surface area contributed by atoms with Gasteiger partial charge < -0.3 is 20.1 Å². The Morgan fingerprint density at radius 3 is 2.88 bits per heavy atom. The summed E-state index contributed by atoms with van der Waals surface area (Å²) in [6.07, 6.45) is 0.927. The Bertz CT molecular complexity index is 358. The standard InChI is InChI=1S/C12H18N2O2S/c1-15-8-4-7-13-12(17)14-10-5-3-6-11(9-10)16-2/h3,5-6,9H,4,7-8H2,1-2H3,(H2,13,14,17). The molecule has 0 aromatic heterocycles. The van der Waals surface area contributed by atoms with E-state index < -0.39 is 0 Å². The lowest BCUT2D eigenvalue weighted by atomic mass is 10.3. The highest BCUT2D eigenvalue weighted by molar-refractivity contribution is 7.80. The van der Waals surface area contributed by atoms with Crippen LogP contribution in [-0.2, 0) is 4.74 Å². The molecule has 0 atom stereocenters. The minimum Gasteiger partial charge on any atom is -0.497 e. The van der Waals surface area contributed by atoms with Crippen LogP contribution in [0.4, 0.5) is 5.69 Å². The van der Waals surface area contributed by atoms with Crippen molar-refractivity contribution in [2.24, 2.45) is 0 Å². The maximum atomic E-state index is 5.16. The second-order valence-corrected chi connectivity index (χ2v) is 3.87. The molecule has 0 amide bonds. The van der Waals surface area contributed by atoms with Crippen LogP contribution in [0.1, 0.15) is 6.42 Å². The molecule has 0 saturated heterocycles. The van der Waals surface area contributed by atoms with Crippen molar-refractivity contribution >= 4 is 23.0 Å². The van der Waals surface area contributed by atoms with E-state index in [1.807, 2.05) is 24.3 Å². The summed E-state index contributed by atoms with van der Waals surface area (Å²) in [6.45, 7) is 1.53. The first-order valence-corrected chi connectivity index (χ1v) is 5.85. The van der Waals surface area contributed by atoms with Gasteiger partial charge in [-0.25, -0.2) is 0 Å². The molecular formula is C12H18N2O2S. The van der Waals surface area contributed by atoms with E-state index in [1.54, 1.807) is 14.2 Å². The van der Waals surface area contributed by atoms with Crippen molar-refractivity contribution in [2.75, 3.05) is 32.7 Å². The summed E-state index contributed by atoms with van der Waals surface area (Å²) in [5.74, 6) is 0.803. The smallest absolute Gasteiger partial charge is 0.170 e. The third kappa shape index (κ3) is 5.51. The number of benzene rings is 1. The predicted molar refractivity (Wildman–Crippen MR) is 73.7 cm³/mol. The molecule has 0 bridgehead atoms. The van der Waals surface area contributed by atoms with Gasteiger partial charge in [0, 0.05) is 32.0 Å². The Morgan fingerprint density at radius 2 is 2.18 bits per heavy atom. The van der Waals surface area contributed by atoms with E-state index in [0.29, 0.717) is 5.11 Å². The Labute approximate surface area is 107 Å².